The third-order valence-corrected chi connectivity index (χ3v) is 4.81. The zero-order valence-corrected chi connectivity index (χ0v) is 17.5. The number of benzene rings is 2. The van der Waals surface area contributed by atoms with Gasteiger partial charge in [0.05, 0.1) is 12.2 Å². The van der Waals surface area contributed by atoms with Gasteiger partial charge in [0.1, 0.15) is 5.82 Å². The molecule has 0 fully saturated rings. The second-order valence-electron chi connectivity index (χ2n) is 7.00. The van der Waals surface area contributed by atoms with Crippen molar-refractivity contribution >= 4 is 17.5 Å². The van der Waals surface area contributed by atoms with Crippen LogP contribution in [0.4, 0.5) is 10.1 Å². The molecule has 7 heteroatoms. The Morgan fingerprint density at radius 3 is 2.52 bits per heavy atom. The Hall–Kier alpha value is -3.58. The van der Waals surface area contributed by atoms with Gasteiger partial charge in [-0.05, 0) is 35.7 Å². The number of carbonyl (C=O) groups is 2. The maximum Gasteiger partial charge on any atom is 0.271 e. The number of rotatable bonds is 8. The predicted molar refractivity (Wildman–Crippen MR) is 119 cm³/mol. The van der Waals surface area contributed by atoms with Crippen LogP contribution in [0.1, 0.15) is 28.5 Å². The van der Waals surface area contributed by atoms with Crippen LogP contribution in [0, 0.1) is 5.82 Å². The Bertz CT molecular complexity index is 1070. The van der Waals surface area contributed by atoms with Crippen molar-refractivity contribution in [3.8, 4) is 11.1 Å². The summed E-state index contributed by atoms with van der Waals surface area (Å²) in [4.78, 5) is 28.9. The fourth-order valence-electron chi connectivity index (χ4n) is 3.13. The summed E-state index contributed by atoms with van der Waals surface area (Å²) in [5.41, 5.74) is 3.17. The van der Waals surface area contributed by atoms with Gasteiger partial charge < -0.3 is 16.0 Å². The molecule has 0 atom stereocenters. The molecule has 0 bridgehead atoms. The van der Waals surface area contributed by atoms with E-state index in [2.05, 4.69) is 20.9 Å². The van der Waals surface area contributed by atoms with Gasteiger partial charge in [-0.3, -0.25) is 9.59 Å². The lowest BCUT2D eigenvalue weighted by atomic mass is 10.0. The van der Waals surface area contributed by atoms with Crippen molar-refractivity contribution < 1.29 is 14.0 Å². The Labute approximate surface area is 180 Å². The number of nitrogens with one attached hydrogen (secondary N) is 3. The third-order valence-electron chi connectivity index (χ3n) is 4.81. The van der Waals surface area contributed by atoms with Crippen LogP contribution in [0.25, 0.3) is 11.1 Å². The molecule has 2 aromatic carbocycles. The van der Waals surface area contributed by atoms with Gasteiger partial charge in [0.15, 0.2) is 5.69 Å². The highest BCUT2D eigenvalue weighted by Crippen LogP contribution is 2.27. The molecule has 1 aromatic heterocycles. The molecule has 3 N–H and O–H groups in total. The zero-order chi connectivity index (χ0) is 22.2. The normalized spacial score (nSPS) is 10.5. The van der Waals surface area contributed by atoms with Crippen molar-refractivity contribution in [2.75, 3.05) is 18.9 Å². The second-order valence-corrected chi connectivity index (χ2v) is 7.00. The van der Waals surface area contributed by atoms with Crippen LogP contribution in [0.5, 0.6) is 0 Å². The molecule has 0 unspecified atom stereocenters. The molecule has 31 heavy (non-hydrogen) atoms. The first kappa shape index (κ1) is 22.1. The highest BCUT2D eigenvalue weighted by molar-refractivity contribution is 6.03. The number of amides is 2. The molecule has 3 rings (SSSR count). The Morgan fingerprint density at radius 2 is 1.81 bits per heavy atom. The summed E-state index contributed by atoms with van der Waals surface area (Å²) in [6, 6.07) is 16.2. The highest BCUT2D eigenvalue weighted by Gasteiger charge is 2.17. The first-order chi connectivity index (χ1) is 15.0. The number of nitrogens with zero attached hydrogens (tertiary/aromatic N) is 1. The molecule has 0 aliphatic heterocycles. The maximum absolute atomic E-state index is 14.4. The average molecular weight is 420 g/mol. The smallest absolute Gasteiger partial charge is 0.271 e. The lowest BCUT2D eigenvalue weighted by Crippen LogP contribution is -2.29. The van der Waals surface area contributed by atoms with E-state index in [0.29, 0.717) is 17.7 Å². The summed E-state index contributed by atoms with van der Waals surface area (Å²) >= 11 is 0. The summed E-state index contributed by atoms with van der Waals surface area (Å²) in [6.45, 7) is 2.56. The molecule has 6 nitrogen and oxygen atoms in total. The van der Waals surface area contributed by atoms with Crippen LogP contribution >= 0.6 is 0 Å². The van der Waals surface area contributed by atoms with Gasteiger partial charge in [-0.15, -0.1) is 0 Å². The standard InChI is InChI=1S/C24H25FN4O2/c1-3-16-9-10-20(25)19(11-16)18-12-21(23(28-14-18)24(31)26-2)29-22(30)15-27-13-17-7-5-4-6-8-17/h4-12,14,27H,3,13,15H2,1-2H3,(H,26,31)(H,29,30). The number of aromatic nitrogens is 1. The topological polar surface area (TPSA) is 83.1 Å². The highest BCUT2D eigenvalue weighted by atomic mass is 19.1. The second kappa shape index (κ2) is 10.4. The summed E-state index contributed by atoms with van der Waals surface area (Å²) in [7, 11) is 1.48. The van der Waals surface area contributed by atoms with E-state index in [0.717, 1.165) is 17.5 Å². The maximum atomic E-state index is 14.4. The minimum absolute atomic E-state index is 0.0476. The van der Waals surface area contributed by atoms with Crippen LogP contribution in [0.15, 0.2) is 60.8 Å². The molecule has 3 aromatic rings. The van der Waals surface area contributed by atoms with E-state index in [-0.39, 0.29) is 23.8 Å². The number of carbonyl (C=O) groups excluding carboxylic acids is 2. The monoisotopic (exact) mass is 420 g/mol. The molecular weight excluding hydrogens is 395 g/mol. The van der Waals surface area contributed by atoms with E-state index >= 15 is 0 Å². The van der Waals surface area contributed by atoms with Gasteiger partial charge in [0.25, 0.3) is 5.91 Å². The van der Waals surface area contributed by atoms with Crippen LogP contribution in [-0.4, -0.2) is 30.4 Å². The van der Waals surface area contributed by atoms with Crippen LogP contribution in [0.3, 0.4) is 0 Å². The van der Waals surface area contributed by atoms with Crippen LogP contribution < -0.4 is 16.0 Å². The van der Waals surface area contributed by atoms with Gasteiger partial charge in [-0.25, -0.2) is 9.37 Å². The predicted octanol–water partition coefficient (Wildman–Crippen LogP) is 3.54. The van der Waals surface area contributed by atoms with Crippen molar-refractivity contribution in [3.05, 3.63) is 83.4 Å². The van der Waals surface area contributed by atoms with Gasteiger partial charge in [-0.1, -0.05) is 43.3 Å². The van der Waals surface area contributed by atoms with E-state index in [1.807, 2.05) is 37.3 Å². The molecule has 0 spiro atoms. The number of pyridine rings is 1. The lowest BCUT2D eigenvalue weighted by Gasteiger charge is -2.13. The fraction of sp³-hybridized carbons (Fsp3) is 0.208. The third kappa shape index (κ3) is 5.73. The van der Waals surface area contributed by atoms with E-state index in [1.54, 1.807) is 18.2 Å². The van der Waals surface area contributed by atoms with Crippen molar-refractivity contribution in [1.82, 2.24) is 15.6 Å². The minimum Gasteiger partial charge on any atom is -0.354 e. The molecular formula is C24H25FN4O2. The van der Waals surface area contributed by atoms with Crippen molar-refractivity contribution in [3.63, 3.8) is 0 Å². The Balaban J connectivity index is 1.80. The SMILES string of the molecule is CCc1ccc(F)c(-c2cnc(C(=O)NC)c(NC(=O)CNCc3ccccc3)c2)c1. The Morgan fingerprint density at radius 1 is 1.03 bits per heavy atom. The lowest BCUT2D eigenvalue weighted by molar-refractivity contribution is -0.115. The van der Waals surface area contributed by atoms with E-state index in [1.165, 1.54) is 19.3 Å². The van der Waals surface area contributed by atoms with Gasteiger partial charge in [0, 0.05) is 30.9 Å². The van der Waals surface area contributed by atoms with Crippen molar-refractivity contribution in [1.29, 1.82) is 0 Å². The molecule has 0 saturated heterocycles. The van der Waals surface area contributed by atoms with Gasteiger partial charge in [0.2, 0.25) is 5.91 Å². The molecule has 0 saturated carbocycles. The van der Waals surface area contributed by atoms with Crippen molar-refractivity contribution in [2.24, 2.45) is 0 Å². The Kier molecular flexibility index (Phi) is 7.45. The first-order valence-electron chi connectivity index (χ1n) is 10.1. The molecule has 0 aliphatic carbocycles. The average Bonchev–Trinajstić information content (AvgIpc) is 2.79. The first-order valence-corrected chi connectivity index (χ1v) is 10.1. The zero-order valence-electron chi connectivity index (χ0n) is 17.5. The summed E-state index contributed by atoms with van der Waals surface area (Å²) in [5.74, 6) is -1.17. The molecule has 0 aliphatic rings. The quantitative estimate of drug-likeness (QED) is 0.521. The summed E-state index contributed by atoms with van der Waals surface area (Å²) in [6.07, 6.45) is 2.19. The molecule has 1 heterocycles. The van der Waals surface area contributed by atoms with Gasteiger partial charge in [-0.2, -0.15) is 0 Å². The summed E-state index contributed by atoms with van der Waals surface area (Å²) < 4.78 is 14.4. The largest absolute Gasteiger partial charge is 0.354 e. The van der Waals surface area contributed by atoms with E-state index in [4.69, 9.17) is 0 Å². The van der Waals surface area contributed by atoms with E-state index < -0.39 is 11.7 Å². The number of hydrogen-bond donors (Lipinski definition) is 3. The molecule has 0 radical (unpaired) electrons. The van der Waals surface area contributed by atoms with Crippen molar-refractivity contribution in [2.45, 2.75) is 19.9 Å². The van der Waals surface area contributed by atoms with Crippen LogP contribution in [-0.2, 0) is 17.8 Å². The fourth-order valence-corrected chi connectivity index (χ4v) is 3.13. The van der Waals surface area contributed by atoms with E-state index in [9.17, 15) is 14.0 Å². The molecule has 160 valence electrons. The number of anilines is 1. The number of aryl methyl sites for hydroxylation is 1. The summed E-state index contributed by atoms with van der Waals surface area (Å²) in [5, 5.41) is 8.29. The number of halogens is 1. The number of hydrogen-bond acceptors (Lipinski definition) is 4. The van der Waals surface area contributed by atoms with Gasteiger partial charge >= 0.3 is 0 Å². The van der Waals surface area contributed by atoms with Crippen LogP contribution in [0.2, 0.25) is 0 Å². The minimum atomic E-state index is -0.443. The molecule has 2 amide bonds.